The first-order valence-electron chi connectivity index (χ1n) is 9.42. The van der Waals surface area contributed by atoms with Crippen molar-refractivity contribution in [1.29, 1.82) is 5.26 Å². The van der Waals surface area contributed by atoms with E-state index in [-0.39, 0.29) is 18.5 Å². The second kappa shape index (κ2) is 9.23. The Morgan fingerprint density at radius 2 is 2.28 bits per heavy atom. The van der Waals surface area contributed by atoms with Gasteiger partial charge in [-0.3, -0.25) is 19.5 Å². The third-order valence-corrected chi connectivity index (χ3v) is 5.12. The van der Waals surface area contributed by atoms with Gasteiger partial charge in [0.05, 0.1) is 24.3 Å². The third-order valence-electron chi connectivity index (χ3n) is 5.12. The summed E-state index contributed by atoms with van der Waals surface area (Å²) in [5.41, 5.74) is 5.94. The van der Waals surface area contributed by atoms with Crippen molar-refractivity contribution in [2.45, 2.75) is 38.9 Å². The predicted molar refractivity (Wildman–Crippen MR) is 112 cm³/mol. The number of likely N-dealkylation sites (tertiary alicyclic amines) is 1. The second-order valence-corrected chi connectivity index (χ2v) is 7.00. The molecule has 0 aromatic carbocycles. The summed E-state index contributed by atoms with van der Waals surface area (Å²) in [4.78, 5) is 19.9. The van der Waals surface area contributed by atoms with Gasteiger partial charge in [-0.05, 0) is 13.8 Å². The lowest BCUT2D eigenvalue weighted by Gasteiger charge is -2.48. The molecule has 10 nitrogen and oxygen atoms in total. The molecule has 1 aromatic rings. The van der Waals surface area contributed by atoms with Gasteiger partial charge < -0.3 is 15.5 Å². The maximum atomic E-state index is 11.6. The van der Waals surface area contributed by atoms with Crippen LogP contribution in [-0.4, -0.2) is 75.9 Å². The summed E-state index contributed by atoms with van der Waals surface area (Å²) in [6, 6.07) is 2.22. The Morgan fingerprint density at radius 1 is 1.59 bits per heavy atom. The van der Waals surface area contributed by atoms with Gasteiger partial charge in [0, 0.05) is 58.9 Å². The molecule has 1 unspecified atom stereocenters. The van der Waals surface area contributed by atoms with Gasteiger partial charge in [-0.2, -0.15) is 15.5 Å². The summed E-state index contributed by atoms with van der Waals surface area (Å²) >= 11 is 0. The summed E-state index contributed by atoms with van der Waals surface area (Å²) in [6.07, 6.45) is 6.83. The first kappa shape index (κ1) is 21.9. The summed E-state index contributed by atoms with van der Waals surface area (Å²) in [7, 11) is 1.81. The van der Waals surface area contributed by atoms with E-state index in [1.54, 1.807) is 27.0 Å². The Morgan fingerprint density at radius 3 is 2.79 bits per heavy atom. The van der Waals surface area contributed by atoms with E-state index in [2.05, 4.69) is 28.0 Å². The molecular formula is C19H29N9O. The molecule has 156 valence electrons. The van der Waals surface area contributed by atoms with Crippen LogP contribution >= 0.6 is 0 Å². The van der Waals surface area contributed by atoms with Gasteiger partial charge in [-0.25, -0.2) is 0 Å². The van der Waals surface area contributed by atoms with Gasteiger partial charge in [0.1, 0.15) is 17.5 Å². The van der Waals surface area contributed by atoms with Gasteiger partial charge >= 0.3 is 0 Å². The number of amidine groups is 1. The Labute approximate surface area is 171 Å². The number of amides is 1. The molecule has 1 aliphatic rings. The third kappa shape index (κ3) is 4.39. The summed E-state index contributed by atoms with van der Waals surface area (Å²) in [5, 5.41) is 19.5. The number of nitrogens with zero attached hydrogens (tertiary/aromatic N) is 8. The highest BCUT2D eigenvalue weighted by molar-refractivity contribution is 5.99. The van der Waals surface area contributed by atoms with Crippen molar-refractivity contribution in [1.82, 2.24) is 24.6 Å². The lowest BCUT2D eigenvalue weighted by molar-refractivity contribution is -0.140. The average Bonchev–Trinajstić information content (AvgIpc) is 3.15. The van der Waals surface area contributed by atoms with Crippen LogP contribution in [0.15, 0.2) is 34.9 Å². The van der Waals surface area contributed by atoms with E-state index in [0.717, 1.165) is 5.56 Å². The summed E-state index contributed by atoms with van der Waals surface area (Å²) in [5.74, 6) is 0.672. The SMILES string of the molecule is C=NN(C)C(C)N(/C=C\N)C(=NCC)c1cnn(C2(CC#N)CN(C(C)=O)C2)c1. The van der Waals surface area contributed by atoms with Crippen LogP contribution in [0.3, 0.4) is 0 Å². The van der Waals surface area contributed by atoms with Crippen molar-refractivity contribution in [3.8, 4) is 6.07 Å². The molecule has 0 spiro atoms. The number of hydrogen-bond donors (Lipinski definition) is 1. The highest BCUT2D eigenvalue weighted by Gasteiger charge is 2.46. The van der Waals surface area contributed by atoms with Crippen LogP contribution in [0.25, 0.3) is 0 Å². The number of carbonyl (C=O) groups excluding carboxylic acids is 1. The van der Waals surface area contributed by atoms with Crippen LogP contribution in [0.1, 0.15) is 32.8 Å². The van der Waals surface area contributed by atoms with E-state index in [9.17, 15) is 10.1 Å². The fourth-order valence-corrected chi connectivity index (χ4v) is 3.30. The van der Waals surface area contributed by atoms with Gasteiger partial charge in [-0.1, -0.05) is 0 Å². The smallest absolute Gasteiger partial charge is 0.219 e. The fourth-order valence-electron chi connectivity index (χ4n) is 3.30. The van der Waals surface area contributed by atoms with Crippen molar-refractivity contribution in [2.24, 2.45) is 15.8 Å². The molecule has 0 saturated carbocycles. The molecule has 2 rings (SSSR count). The van der Waals surface area contributed by atoms with Crippen molar-refractivity contribution in [3.05, 3.63) is 30.4 Å². The Balaban J connectivity index is 2.40. The molecule has 2 N–H and O–H groups in total. The minimum Gasteiger partial charge on any atom is -0.403 e. The molecule has 0 aliphatic carbocycles. The molecule has 1 amide bonds. The molecule has 0 bridgehead atoms. The highest BCUT2D eigenvalue weighted by Crippen LogP contribution is 2.32. The molecule has 2 heterocycles. The number of carbonyl (C=O) groups is 1. The lowest BCUT2D eigenvalue weighted by Crippen LogP contribution is -2.63. The molecule has 1 fully saturated rings. The van der Waals surface area contributed by atoms with Crippen molar-refractivity contribution >= 4 is 18.5 Å². The molecule has 0 radical (unpaired) electrons. The number of aromatic nitrogens is 2. The predicted octanol–water partition coefficient (Wildman–Crippen LogP) is 0.746. The van der Waals surface area contributed by atoms with Crippen LogP contribution in [0.5, 0.6) is 0 Å². The summed E-state index contributed by atoms with van der Waals surface area (Å²) in [6.45, 7) is 10.5. The number of aliphatic imine (C=N–C) groups is 1. The lowest BCUT2D eigenvalue weighted by atomic mass is 9.87. The van der Waals surface area contributed by atoms with E-state index in [4.69, 9.17) is 5.73 Å². The number of rotatable bonds is 8. The first-order valence-corrected chi connectivity index (χ1v) is 9.42. The second-order valence-electron chi connectivity index (χ2n) is 7.00. The molecule has 10 heteroatoms. The topological polar surface area (TPSA) is 119 Å². The molecule has 1 aromatic heterocycles. The maximum Gasteiger partial charge on any atom is 0.219 e. The zero-order chi connectivity index (χ0) is 21.6. The highest BCUT2D eigenvalue weighted by atomic mass is 16.2. The zero-order valence-corrected chi connectivity index (χ0v) is 17.5. The van der Waals surface area contributed by atoms with Gasteiger partial charge in [-0.15, -0.1) is 0 Å². The van der Waals surface area contributed by atoms with Crippen LogP contribution in [-0.2, 0) is 10.3 Å². The Bertz CT molecular complexity index is 829. The van der Waals surface area contributed by atoms with Crippen LogP contribution in [0.4, 0.5) is 0 Å². The van der Waals surface area contributed by atoms with E-state index in [1.165, 1.54) is 13.1 Å². The molecule has 1 aliphatic heterocycles. The van der Waals surface area contributed by atoms with Crippen molar-refractivity contribution in [2.75, 3.05) is 26.7 Å². The molecular weight excluding hydrogens is 370 g/mol. The average molecular weight is 400 g/mol. The van der Waals surface area contributed by atoms with Crippen LogP contribution < -0.4 is 5.73 Å². The maximum absolute atomic E-state index is 11.6. The van der Waals surface area contributed by atoms with Crippen LogP contribution in [0, 0.1) is 11.3 Å². The van der Waals surface area contributed by atoms with E-state index >= 15 is 0 Å². The zero-order valence-electron chi connectivity index (χ0n) is 17.5. The first-order chi connectivity index (χ1) is 13.8. The minimum absolute atomic E-state index is 0.00720. The summed E-state index contributed by atoms with van der Waals surface area (Å²) < 4.78 is 1.78. The van der Waals surface area contributed by atoms with E-state index < -0.39 is 5.54 Å². The quantitative estimate of drug-likeness (QED) is 0.298. The van der Waals surface area contributed by atoms with Crippen LogP contribution in [0.2, 0.25) is 0 Å². The van der Waals surface area contributed by atoms with Gasteiger partial charge in [0.2, 0.25) is 5.91 Å². The van der Waals surface area contributed by atoms with Gasteiger partial charge in [0.15, 0.2) is 0 Å². The molecule has 1 atom stereocenters. The number of hydrazone groups is 1. The molecule has 29 heavy (non-hydrogen) atoms. The minimum atomic E-state index is -0.518. The van der Waals surface area contributed by atoms with E-state index in [1.807, 2.05) is 32.0 Å². The standard InChI is InChI=1S/C19H29N9O/c1-6-23-18(27(10-9-21)15(2)25(5)22-4)17-11-24-28(12-17)19(7-8-20)13-26(14-19)16(3)29/h9-12,15H,4,6-7,13-14,21H2,1-3,5H3/b10-9-,23-18?. The Hall–Kier alpha value is -3.35. The number of hydrogen-bond acceptors (Lipinski definition) is 7. The number of nitrogens with two attached hydrogens (primary N) is 1. The van der Waals surface area contributed by atoms with Gasteiger partial charge in [0.25, 0.3) is 0 Å². The van der Waals surface area contributed by atoms with E-state index in [0.29, 0.717) is 25.5 Å². The van der Waals surface area contributed by atoms with Crippen molar-refractivity contribution < 1.29 is 4.79 Å². The fraction of sp³-hybridized carbons (Fsp3) is 0.526. The molecule has 1 saturated heterocycles. The number of nitriles is 1. The largest absolute Gasteiger partial charge is 0.403 e. The normalized spacial score (nSPS) is 16.8. The Kier molecular flexibility index (Phi) is 6.98. The van der Waals surface area contributed by atoms with Crippen molar-refractivity contribution in [3.63, 3.8) is 0 Å². The monoisotopic (exact) mass is 399 g/mol.